The predicted molar refractivity (Wildman–Crippen MR) is 143 cm³/mol. The van der Waals surface area contributed by atoms with Crippen LogP contribution in [0.25, 0.3) is 10.9 Å². The lowest BCUT2D eigenvalue weighted by atomic mass is 9.85. The Hall–Kier alpha value is -4.28. The number of nitrogens with zero attached hydrogens (tertiary/aromatic N) is 4. The van der Waals surface area contributed by atoms with E-state index in [-0.39, 0.29) is 49.2 Å². The topological polar surface area (TPSA) is 119 Å². The van der Waals surface area contributed by atoms with E-state index < -0.39 is 29.3 Å². The van der Waals surface area contributed by atoms with Gasteiger partial charge in [0, 0.05) is 31.2 Å². The van der Waals surface area contributed by atoms with Crippen LogP contribution in [0, 0.1) is 18.7 Å². The first-order valence-corrected chi connectivity index (χ1v) is 12.9. The SMILES string of the molecule is Cc1ccc(F)c(C(=O)N[C@@H](C(=O)N2CCC3(CC2)C(=O)N(C)C(=O)N3c2ccc3cn[nH]c3c2)C(C)C)c1. The fourth-order valence-electron chi connectivity index (χ4n) is 5.53. The van der Waals surface area contributed by atoms with Crippen molar-refractivity contribution in [2.75, 3.05) is 25.0 Å². The van der Waals surface area contributed by atoms with E-state index in [4.69, 9.17) is 0 Å². The summed E-state index contributed by atoms with van der Waals surface area (Å²) in [5.74, 6) is -2.20. The van der Waals surface area contributed by atoms with Gasteiger partial charge in [-0.3, -0.25) is 29.3 Å². The molecule has 2 saturated heterocycles. The second-order valence-electron chi connectivity index (χ2n) is 10.7. The van der Waals surface area contributed by atoms with Crippen LogP contribution in [0.5, 0.6) is 0 Å². The van der Waals surface area contributed by atoms with E-state index in [1.165, 1.54) is 24.1 Å². The number of anilines is 1. The minimum Gasteiger partial charge on any atom is -0.341 e. The first-order valence-electron chi connectivity index (χ1n) is 12.9. The second kappa shape index (κ2) is 9.79. The van der Waals surface area contributed by atoms with Crippen molar-refractivity contribution in [3.8, 4) is 0 Å². The van der Waals surface area contributed by atoms with Crippen LogP contribution in [0.2, 0.25) is 0 Å². The Morgan fingerprint density at radius 3 is 2.51 bits per heavy atom. The molecule has 2 aromatic carbocycles. The van der Waals surface area contributed by atoms with Crippen molar-refractivity contribution in [1.29, 1.82) is 0 Å². The van der Waals surface area contributed by atoms with Gasteiger partial charge < -0.3 is 10.2 Å². The molecule has 0 bridgehead atoms. The Morgan fingerprint density at radius 1 is 1.10 bits per heavy atom. The van der Waals surface area contributed by atoms with Gasteiger partial charge in [-0.15, -0.1) is 0 Å². The lowest BCUT2D eigenvalue weighted by Gasteiger charge is -2.43. The monoisotopic (exact) mass is 534 g/mol. The zero-order valence-corrected chi connectivity index (χ0v) is 22.3. The maximum atomic E-state index is 14.3. The summed E-state index contributed by atoms with van der Waals surface area (Å²) >= 11 is 0. The third-order valence-electron chi connectivity index (χ3n) is 7.78. The molecule has 1 atom stereocenters. The number of H-pyrrole nitrogens is 1. The maximum Gasteiger partial charge on any atom is 0.331 e. The van der Waals surface area contributed by atoms with E-state index >= 15 is 0 Å². The van der Waals surface area contributed by atoms with Crippen molar-refractivity contribution in [3.05, 3.63) is 59.5 Å². The smallest absolute Gasteiger partial charge is 0.331 e. The normalized spacial score (nSPS) is 17.9. The first kappa shape index (κ1) is 26.3. The van der Waals surface area contributed by atoms with Crippen LogP contribution >= 0.6 is 0 Å². The van der Waals surface area contributed by atoms with E-state index in [9.17, 15) is 23.6 Å². The standard InChI is InChI=1S/C28H31FN6O4/c1-16(2)23(31-24(36)20-13-17(3)5-8-21(20)29)25(37)34-11-9-28(10-12-34)26(38)33(4)27(39)35(28)19-7-6-18-15-30-32-22(18)14-19/h5-8,13-16,23H,9-12H2,1-4H3,(H,30,32)(H,31,36)/t23-/m1/s1. The van der Waals surface area contributed by atoms with Gasteiger partial charge in [0.15, 0.2) is 0 Å². The number of halogens is 1. The fraction of sp³-hybridized carbons (Fsp3) is 0.393. The zero-order chi connectivity index (χ0) is 28.1. The number of piperidine rings is 1. The second-order valence-corrected chi connectivity index (χ2v) is 10.7. The number of fused-ring (bicyclic) bond motifs is 1. The van der Waals surface area contributed by atoms with E-state index in [0.29, 0.717) is 5.69 Å². The molecule has 2 fully saturated rings. The summed E-state index contributed by atoms with van der Waals surface area (Å²) in [7, 11) is 1.47. The number of aromatic nitrogens is 2. The van der Waals surface area contributed by atoms with E-state index in [0.717, 1.165) is 21.4 Å². The highest BCUT2D eigenvalue weighted by atomic mass is 19.1. The fourth-order valence-corrected chi connectivity index (χ4v) is 5.53. The number of likely N-dealkylation sites (tertiary alicyclic amines) is 1. The van der Waals surface area contributed by atoms with Gasteiger partial charge in [0.05, 0.1) is 17.3 Å². The Kier molecular flexibility index (Phi) is 6.61. The Bertz CT molecular complexity index is 1480. The van der Waals surface area contributed by atoms with Gasteiger partial charge in [-0.05, 0) is 56.0 Å². The summed E-state index contributed by atoms with van der Waals surface area (Å²) in [4.78, 5) is 57.4. The molecule has 11 heteroatoms. The van der Waals surface area contributed by atoms with Gasteiger partial charge in [0.25, 0.3) is 11.8 Å². The molecular formula is C28H31FN6O4. The number of carbonyl (C=O) groups excluding carboxylic acids is 4. The average molecular weight is 535 g/mol. The molecule has 1 aromatic heterocycles. The molecule has 0 unspecified atom stereocenters. The van der Waals surface area contributed by atoms with Gasteiger partial charge in [0.2, 0.25) is 5.91 Å². The van der Waals surface area contributed by atoms with Crippen molar-refractivity contribution < 1.29 is 23.6 Å². The number of imide groups is 1. The number of aryl methyl sites for hydroxylation is 1. The molecule has 5 rings (SSSR count). The van der Waals surface area contributed by atoms with E-state index in [2.05, 4.69) is 15.5 Å². The lowest BCUT2D eigenvalue weighted by molar-refractivity contribution is -0.139. The zero-order valence-electron chi connectivity index (χ0n) is 22.3. The molecule has 0 radical (unpaired) electrons. The number of benzene rings is 2. The van der Waals surface area contributed by atoms with Crippen LogP contribution in [0.15, 0.2) is 42.6 Å². The number of urea groups is 1. The molecule has 3 aromatic rings. The first-order chi connectivity index (χ1) is 18.5. The number of hydrogen-bond acceptors (Lipinski definition) is 5. The molecule has 0 aliphatic carbocycles. The van der Waals surface area contributed by atoms with Gasteiger partial charge in [-0.1, -0.05) is 25.5 Å². The summed E-state index contributed by atoms with van der Waals surface area (Å²) in [6.07, 6.45) is 2.15. The minimum absolute atomic E-state index is 0.117. The number of nitrogens with one attached hydrogen (secondary N) is 2. The van der Waals surface area contributed by atoms with Gasteiger partial charge in [-0.25, -0.2) is 9.18 Å². The number of aromatic amines is 1. The Morgan fingerprint density at radius 2 is 1.82 bits per heavy atom. The van der Waals surface area contributed by atoms with Crippen LogP contribution in [-0.2, 0) is 9.59 Å². The van der Waals surface area contributed by atoms with Crippen LogP contribution in [0.4, 0.5) is 14.9 Å². The molecule has 5 amide bonds. The van der Waals surface area contributed by atoms with Crippen LogP contribution in [0.1, 0.15) is 42.6 Å². The van der Waals surface area contributed by atoms with Crippen LogP contribution < -0.4 is 10.2 Å². The molecular weight excluding hydrogens is 503 g/mol. The Balaban J connectivity index is 1.36. The van der Waals surface area contributed by atoms with Gasteiger partial charge >= 0.3 is 6.03 Å². The average Bonchev–Trinajstić information content (AvgIpc) is 3.45. The molecule has 3 heterocycles. The summed E-state index contributed by atoms with van der Waals surface area (Å²) in [6, 6.07) is 8.36. The third-order valence-corrected chi connectivity index (χ3v) is 7.78. The largest absolute Gasteiger partial charge is 0.341 e. The number of amides is 5. The summed E-state index contributed by atoms with van der Waals surface area (Å²) in [6.45, 7) is 5.80. The van der Waals surface area contributed by atoms with Crippen molar-refractivity contribution in [2.45, 2.75) is 45.2 Å². The molecule has 2 N–H and O–H groups in total. The molecule has 10 nitrogen and oxygen atoms in total. The number of hydrogen-bond donors (Lipinski definition) is 2. The van der Waals surface area contributed by atoms with E-state index in [1.807, 2.05) is 19.9 Å². The third kappa shape index (κ3) is 4.41. The number of carbonyl (C=O) groups is 4. The van der Waals surface area contributed by atoms with Crippen LogP contribution in [-0.4, -0.2) is 75.5 Å². The van der Waals surface area contributed by atoms with Crippen LogP contribution in [0.3, 0.4) is 0 Å². The highest BCUT2D eigenvalue weighted by Crippen LogP contribution is 2.41. The summed E-state index contributed by atoms with van der Waals surface area (Å²) in [5, 5.41) is 10.5. The molecule has 2 aliphatic heterocycles. The highest BCUT2D eigenvalue weighted by molar-refractivity contribution is 6.17. The van der Waals surface area contributed by atoms with Crippen molar-refractivity contribution in [3.63, 3.8) is 0 Å². The number of rotatable bonds is 5. The highest BCUT2D eigenvalue weighted by Gasteiger charge is 2.58. The minimum atomic E-state index is -1.13. The molecule has 204 valence electrons. The summed E-state index contributed by atoms with van der Waals surface area (Å²) < 4.78 is 14.3. The number of likely N-dealkylation sites (N-methyl/N-ethyl adjacent to an activating group) is 1. The summed E-state index contributed by atoms with van der Waals surface area (Å²) in [5.41, 5.74) is 0.797. The van der Waals surface area contributed by atoms with Crippen molar-refractivity contribution in [2.24, 2.45) is 5.92 Å². The predicted octanol–water partition coefficient (Wildman–Crippen LogP) is 3.22. The molecule has 0 saturated carbocycles. The quantitative estimate of drug-likeness (QED) is 0.488. The van der Waals surface area contributed by atoms with E-state index in [1.54, 1.807) is 36.2 Å². The lowest BCUT2D eigenvalue weighted by Crippen LogP contribution is -2.60. The van der Waals surface area contributed by atoms with Gasteiger partial charge in [0.1, 0.15) is 17.4 Å². The van der Waals surface area contributed by atoms with Crippen molar-refractivity contribution >= 4 is 40.3 Å². The maximum absolute atomic E-state index is 14.3. The van der Waals surface area contributed by atoms with Gasteiger partial charge in [-0.2, -0.15) is 5.10 Å². The van der Waals surface area contributed by atoms with Crippen molar-refractivity contribution in [1.82, 2.24) is 25.3 Å². The molecule has 1 spiro atoms. The molecule has 39 heavy (non-hydrogen) atoms. The molecule has 2 aliphatic rings. The Labute approximate surface area is 225 Å².